The van der Waals surface area contributed by atoms with Crippen LogP contribution in [0, 0.1) is 10.1 Å². The summed E-state index contributed by atoms with van der Waals surface area (Å²) in [6, 6.07) is 4.50. The first-order valence-corrected chi connectivity index (χ1v) is 5.25. The van der Waals surface area contributed by atoms with Crippen LogP contribution in [0.4, 0.5) is 11.4 Å². The van der Waals surface area contributed by atoms with E-state index in [2.05, 4.69) is 5.32 Å². The van der Waals surface area contributed by atoms with Crippen molar-refractivity contribution < 1.29 is 10.0 Å². The molecule has 0 fully saturated rings. The number of hydrogen-bond donors (Lipinski definition) is 2. The average molecular weight is 245 g/mol. The fourth-order valence-electron chi connectivity index (χ4n) is 1.25. The normalized spacial score (nSPS) is 12.2. The Labute approximate surface area is 98.2 Å². The maximum Gasteiger partial charge on any atom is 0.293 e. The van der Waals surface area contributed by atoms with E-state index >= 15 is 0 Å². The standard InChI is InChI=1S/C10H13ClN2O3/c1-7(14)5-6-12-10-8(11)3-2-4-9(10)13(15)16/h2-4,7,12,14H,5-6H2,1H3. The average Bonchev–Trinajstić information content (AvgIpc) is 2.19. The molecule has 0 aromatic heterocycles. The molecule has 1 aromatic carbocycles. The lowest BCUT2D eigenvalue weighted by atomic mass is 10.2. The predicted molar refractivity (Wildman–Crippen MR) is 62.9 cm³/mol. The van der Waals surface area contributed by atoms with Crippen molar-refractivity contribution in [3.05, 3.63) is 33.3 Å². The number of nitro groups is 1. The summed E-state index contributed by atoms with van der Waals surface area (Å²) in [7, 11) is 0. The van der Waals surface area contributed by atoms with E-state index in [4.69, 9.17) is 16.7 Å². The zero-order valence-corrected chi connectivity index (χ0v) is 9.57. The molecule has 5 nitrogen and oxygen atoms in total. The fraction of sp³-hybridized carbons (Fsp3) is 0.400. The minimum atomic E-state index is -0.489. The molecule has 0 amide bonds. The van der Waals surface area contributed by atoms with Crippen LogP contribution in [0.15, 0.2) is 18.2 Å². The van der Waals surface area contributed by atoms with Crippen LogP contribution in [-0.2, 0) is 0 Å². The molecule has 0 saturated carbocycles. The summed E-state index contributed by atoms with van der Waals surface area (Å²) in [5.74, 6) is 0. The third kappa shape index (κ3) is 3.36. The quantitative estimate of drug-likeness (QED) is 0.616. The molecule has 0 saturated heterocycles. The molecule has 0 spiro atoms. The highest BCUT2D eigenvalue weighted by molar-refractivity contribution is 6.33. The Morgan fingerprint density at radius 2 is 2.31 bits per heavy atom. The Balaban J connectivity index is 2.80. The van der Waals surface area contributed by atoms with E-state index < -0.39 is 11.0 Å². The molecule has 88 valence electrons. The minimum absolute atomic E-state index is 0.0573. The number of anilines is 1. The zero-order valence-electron chi connectivity index (χ0n) is 8.81. The number of nitrogens with one attached hydrogen (secondary N) is 1. The Morgan fingerprint density at radius 1 is 1.62 bits per heavy atom. The highest BCUT2D eigenvalue weighted by atomic mass is 35.5. The second-order valence-electron chi connectivity index (χ2n) is 3.46. The van der Waals surface area contributed by atoms with Crippen LogP contribution in [-0.4, -0.2) is 22.7 Å². The summed E-state index contributed by atoms with van der Waals surface area (Å²) in [5, 5.41) is 23.0. The van der Waals surface area contributed by atoms with Gasteiger partial charge in [-0.25, -0.2) is 0 Å². The number of aliphatic hydroxyl groups is 1. The molecule has 16 heavy (non-hydrogen) atoms. The first-order valence-electron chi connectivity index (χ1n) is 4.87. The van der Waals surface area contributed by atoms with E-state index in [1.54, 1.807) is 13.0 Å². The SMILES string of the molecule is CC(O)CCNc1c(Cl)cccc1[N+](=O)[O-]. The van der Waals surface area contributed by atoms with Crippen molar-refractivity contribution in [2.75, 3.05) is 11.9 Å². The third-order valence-electron chi connectivity index (χ3n) is 2.05. The van der Waals surface area contributed by atoms with Gasteiger partial charge in [-0.1, -0.05) is 17.7 Å². The molecule has 0 heterocycles. The van der Waals surface area contributed by atoms with Crippen LogP contribution in [0.2, 0.25) is 5.02 Å². The predicted octanol–water partition coefficient (Wildman–Crippen LogP) is 2.43. The molecule has 0 aliphatic carbocycles. The second kappa shape index (κ2) is 5.67. The molecule has 0 bridgehead atoms. The molecule has 1 unspecified atom stereocenters. The summed E-state index contributed by atoms with van der Waals surface area (Å²) in [6.07, 6.45) is 0.0524. The summed E-state index contributed by atoms with van der Waals surface area (Å²) in [4.78, 5) is 10.2. The fourth-order valence-corrected chi connectivity index (χ4v) is 1.48. The first-order chi connectivity index (χ1) is 7.52. The van der Waals surface area contributed by atoms with Gasteiger partial charge in [-0.2, -0.15) is 0 Å². The number of halogens is 1. The Morgan fingerprint density at radius 3 is 2.88 bits per heavy atom. The number of benzene rings is 1. The molecule has 0 aliphatic heterocycles. The summed E-state index contributed by atoms with van der Waals surface area (Å²) >= 11 is 5.86. The number of rotatable bonds is 5. The van der Waals surface area contributed by atoms with E-state index in [0.29, 0.717) is 23.7 Å². The van der Waals surface area contributed by atoms with Crippen molar-refractivity contribution in [3.63, 3.8) is 0 Å². The van der Waals surface area contributed by atoms with Gasteiger partial charge in [0.05, 0.1) is 16.0 Å². The summed E-state index contributed by atoms with van der Waals surface area (Å²) in [6.45, 7) is 2.09. The van der Waals surface area contributed by atoms with Crippen LogP contribution < -0.4 is 5.32 Å². The van der Waals surface area contributed by atoms with Crippen LogP contribution in [0.5, 0.6) is 0 Å². The van der Waals surface area contributed by atoms with Crippen molar-refractivity contribution in [1.82, 2.24) is 0 Å². The highest BCUT2D eigenvalue weighted by Crippen LogP contribution is 2.31. The summed E-state index contributed by atoms with van der Waals surface area (Å²) < 4.78 is 0. The Bertz CT molecular complexity index is 382. The molecule has 1 atom stereocenters. The Hall–Kier alpha value is -1.33. The molecule has 0 aliphatic rings. The van der Waals surface area contributed by atoms with Gasteiger partial charge in [0.1, 0.15) is 5.69 Å². The maximum absolute atomic E-state index is 10.7. The van der Waals surface area contributed by atoms with Crippen LogP contribution in [0.25, 0.3) is 0 Å². The maximum atomic E-state index is 10.7. The zero-order chi connectivity index (χ0) is 12.1. The van der Waals surface area contributed by atoms with Crippen LogP contribution in [0.1, 0.15) is 13.3 Å². The Kier molecular flexibility index (Phi) is 4.52. The number of nitro benzene ring substituents is 1. The monoisotopic (exact) mass is 244 g/mol. The van der Waals surface area contributed by atoms with E-state index in [0.717, 1.165) is 0 Å². The van der Waals surface area contributed by atoms with Gasteiger partial charge in [-0.15, -0.1) is 0 Å². The van der Waals surface area contributed by atoms with E-state index in [1.807, 2.05) is 0 Å². The van der Waals surface area contributed by atoms with Gasteiger partial charge in [-0.3, -0.25) is 10.1 Å². The van der Waals surface area contributed by atoms with Crippen LogP contribution in [0.3, 0.4) is 0 Å². The smallest absolute Gasteiger partial charge is 0.293 e. The third-order valence-corrected chi connectivity index (χ3v) is 2.37. The van der Waals surface area contributed by atoms with Crippen molar-refractivity contribution in [1.29, 1.82) is 0 Å². The lowest BCUT2D eigenvalue weighted by Crippen LogP contribution is -2.11. The van der Waals surface area contributed by atoms with Gasteiger partial charge in [-0.05, 0) is 19.4 Å². The van der Waals surface area contributed by atoms with Crippen molar-refractivity contribution in [2.24, 2.45) is 0 Å². The summed E-state index contributed by atoms with van der Waals surface area (Å²) in [5.41, 5.74) is 0.243. The molecule has 1 aromatic rings. The first kappa shape index (κ1) is 12.7. The van der Waals surface area contributed by atoms with Crippen molar-refractivity contribution in [3.8, 4) is 0 Å². The van der Waals surface area contributed by atoms with Crippen molar-refractivity contribution in [2.45, 2.75) is 19.4 Å². The number of hydrogen-bond acceptors (Lipinski definition) is 4. The number of nitrogens with zero attached hydrogens (tertiary/aromatic N) is 1. The topological polar surface area (TPSA) is 75.4 Å². The van der Waals surface area contributed by atoms with Gasteiger partial charge in [0.15, 0.2) is 0 Å². The molecule has 1 rings (SSSR count). The lowest BCUT2D eigenvalue weighted by Gasteiger charge is -2.09. The van der Waals surface area contributed by atoms with Crippen LogP contribution >= 0.6 is 11.6 Å². The highest BCUT2D eigenvalue weighted by Gasteiger charge is 2.15. The van der Waals surface area contributed by atoms with Crippen molar-refractivity contribution >= 4 is 23.0 Å². The van der Waals surface area contributed by atoms with Gasteiger partial charge in [0, 0.05) is 12.6 Å². The lowest BCUT2D eigenvalue weighted by molar-refractivity contribution is -0.383. The molecular formula is C10H13ClN2O3. The molecular weight excluding hydrogens is 232 g/mol. The van der Waals surface area contributed by atoms with Gasteiger partial charge < -0.3 is 10.4 Å². The largest absolute Gasteiger partial charge is 0.393 e. The van der Waals surface area contributed by atoms with Gasteiger partial charge in [0.2, 0.25) is 0 Å². The number of aliphatic hydroxyl groups excluding tert-OH is 1. The molecule has 6 heteroatoms. The minimum Gasteiger partial charge on any atom is -0.393 e. The van der Waals surface area contributed by atoms with Gasteiger partial charge >= 0.3 is 0 Å². The second-order valence-corrected chi connectivity index (χ2v) is 3.86. The van der Waals surface area contributed by atoms with E-state index in [9.17, 15) is 10.1 Å². The van der Waals surface area contributed by atoms with E-state index in [-0.39, 0.29) is 5.69 Å². The van der Waals surface area contributed by atoms with E-state index in [1.165, 1.54) is 12.1 Å². The molecule has 0 radical (unpaired) electrons. The molecule has 2 N–H and O–H groups in total. The number of para-hydroxylation sites is 1. The van der Waals surface area contributed by atoms with Gasteiger partial charge in [0.25, 0.3) is 5.69 Å².